The van der Waals surface area contributed by atoms with Gasteiger partial charge in [-0.1, -0.05) is 11.6 Å². The molecular weight excluding hydrogens is 256 g/mol. The first-order valence-corrected chi connectivity index (χ1v) is 6.65. The molecule has 0 aliphatic rings. The van der Waals surface area contributed by atoms with E-state index in [0.29, 0.717) is 6.54 Å². The van der Waals surface area contributed by atoms with E-state index in [9.17, 15) is 4.79 Å². The monoisotopic (exact) mass is 274 g/mol. The molecule has 0 saturated heterocycles. The molecule has 0 aliphatic heterocycles. The van der Waals surface area contributed by atoms with Crippen molar-refractivity contribution in [1.82, 2.24) is 5.32 Å². The van der Waals surface area contributed by atoms with Crippen LogP contribution in [0.5, 0.6) is 0 Å². The predicted octanol–water partition coefficient (Wildman–Crippen LogP) is 2.78. The molecule has 0 bridgehead atoms. The van der Waals surface area contributed by atoms with Crippen LogP contribution in [0.2, 0.25) is 4.34 Å². The summed E-state index contributed by atoms with van der Waals surface area (Å²) in [6, 6.07) is 3.74. The quantitative estimate of drug-likeness (QED) is 0.887. The molecular formula is C12H19ClN2OS. The molecule has 0 radical (unpaired) electrons. The first-order valence-electron chi connectivity index (χ1n) is 5.46. The van der Waals surface area contributed by atoms with Gasteiger partial charge in [-0.3, -0.25) is 4.79 Å². The fourth-order valence-corrected chi connectivity index (χ4v) is 2.15. The summed E-state index contributed by atoms with van der Waals surface area (Å²) in [6.07, 6.45) is 0. The van der Waals surface area contributed by atoms with Crippen LogP contribution in [-0.4, -0.2) is 11.4 Å². The summed E-state index contributed by atoms with van der Waals surface area (Å²) < 4.78 is 0.729. The van der Waals surface area contributed by atoms with Gasteiger partial charge in [-0.05, 0) is 39.8 Å². The van der Waals surface area contributed by atoms with Gasteiger partial charge in [-0.25, -0.2) is 0 Å². The Labute approximate surface area is 111 Å². The van der Waals surface area contributed by atoms with Crippen LogP contribution in [0.15, 0.2) is 12.1 Å². The fourth-order valence-electron chi connectivity index (χ4n) is 1.13. The number of thiophene rings is 1. The largest absolute Gasteiger partial charge is 0.351 e. The number of rotatable bonds is 4. The van der Waals surface area contributed by atoms with Crippen molar-refractivity contribution in [2.45, 2.75) is 39.8 Å². The Morgan fingerprint density at radius 3 is 2.41 bits per heavy atom. The third-order valence-electron chi connectivity index (χ3n) is 3.23. The highest BCUT2D eigenvalue weighted by Crippen LogP contribution is 2.28. The van der Waals surface area contributed by atoms with Gasteiger partial charge in [0.05, 0.1) is 16.3 Å². The second-order valence-electron chi connectivity index (χ2n) is 5.24. The van der Waals surface area contributed by atoms with Crippen LogP contribution in [0.4, 0.5) is 0 Å². The Morgan fingerprint density at radius 1 is 1.41 bits per heavy atom. The van der Waals surface area contributed by atoms with Gasteiger partial charge >= 0.3 is 0 Å². The average Bonchev–Trinajstić information content (AvgIpc) is 2.58. The van der Waals surface area contributed by atoms with Crippen molar-refractivity contribution in [3.05, 3.63) is 21.3 Å². The minimum atomic E-state index is -0.617. The number of carbonyl (C=O) groups excluding carboxylic acids is 1. The van der Waals surface area contributed by atoms with Gasteiger partial charge in [0.15, 0.2) is 0 Å². The van der Waals surface area contributed by atoms with Gasteiger partial charge in [0.25, 0.3) is 0 Å². The second kappa shape index (κ2) is 4.96. The molecule has 0 unspecified atom stereocenters. The highest BCUT2D eigenvalue weighted by Gasteiger charge is 2.40. The molecule has 3 N–H and O–H groups in total. The van der Waals surface area contributed by atoms with Crippen molar-refractivity contribution in [2.75, 3.05) is 0 Å². The zero-order valence-corrected chi connectivity index (χ0v) is 12.2. The summed E-state index contributed by atoms with van der Waals surface area (Å²) in [5, 5.41) is 2.89. The van der Waals surface area contributed by atoms with E-state index >= 15 is 0 Å². The molecule has 17 heavy (non-hydrogen) atoms. The molecule has 5 heteroatoms. The van der Waals surface area contributed by atoms with Gasteiger partial charge in [0.2, 0.25) is 5.91 Å². The van der Waals surface area contributed by atoms with E-state index in [1.54, 1.807) is 0 Å². The van der Waals surface area contributed by atoms with Crippen LogP contribution in [0.3, 0.4) is 0 Å². The molecule has 0 atom stereocenters. The highest BCUT2D eigenvalue weighted by molar-refractivity contribution is 7.16. The summed E-state index contributed by atoms with van der Waals surface area (Å²) in [7, 11) is 0. The van der Waals surface area contributed by atoms with Crippen molar-refractivity contribution < 1.29 is 4.79 Å². The molecule has 0 fully saturated rings. The van der Waals surface area contributed by atoms with Gasteiger partial charge in [0.1, 0.15) is 0 Å². The molecule has 0 aromatic carbocycles. The molecule has 96 valence electrons. The maximum Gasteiger partial charge on any atom is 0.227 e. The number of nitrogens with two attached hydrogens (primary N) is 1. The maximum atomic E-state index is 12.1. The third-order valence-corrected chi connectivity index (χ3v) is 4.46. The first kappa shape index (κ1) is 14.5. The van der Waals surface area contributed by atoms with Crippen molar-refractivity contribution >= 4 is 28.8 Å². The maximum absolute atomic E-state index is 12.1. The molecule has 1 amide bonds. The van der Waals surface area contributed by atoms with E-state index in [1.165, 1.54) is 11.3 Å². The summed E-state index contributed by atoms with van der Waals surface area (Å²) in [5.41, 5.74) is 4.83. The third kappa shape index (κ3) is 3.44. The lowest BCUT2D eigenvalue weighted by Gasteiger charge is -2.36. The summed E-state index contributed by atoms with van der Waals surface area (Å²) >= 11 is 7.29. The Morgan fingerprint density at radius 2 is 2.00 bits per heavy atom. The fraction of sp³-hybridized carbons (Fsp3) is 0.583. The SMILES string of the molecule is CC(C)(N)C(C)(C)C(=O)NCc1ccc(Cl)s1. The summed E-state index contributed by atoms with van der Waals surface area (Å²) in [5.74, 6) is -0.0467. The lowest BCUT2D eigenvalue weighted by molar-refractivity contribution is -0.132. The first-order chi connectivity index (χ1) is 7.64. The predicted molar refractivity (Wildman–Crippen MR) is 73.2 cm³/mol. The van der Waals surface area contributed by atoms with Gasteiger partial charge in [0, 0.05) is 10.4 Å². The Bertz CT molecular complexity index is 407. The zero-order chi connectivity index (χ0) is 13.3. The number of carbonyl (C=O) groups is 1. The van der Waals surface area contributed by atoms with Crippen molar-refractivity contribution in [1.29, 1.82) is 0 Å². The zero-order valence-electron chi connectivity index (χ0n) is 10.6. The number of halogens is 1. The minimum Gasteiger partial charge on any atom is -0.351 e. The van der Waals surface area contributed by atoms with E-state index in [0.717, 1.165) is 9.21 Å². The molecule has 3 nitrogen and oxygen atoms in total. The van der Waals surface area contributed by atoms with E-state index < -0.39 is 11.0 Å². The van der Waals surface area contributed by atoms with Crippen LogP contribution < -0.4 is 11.1 Å². The van der Waals surface area contributed by atoms with E-state index in [1.807, 2.05) is 39.8 Å². The number of hydrogen-bond acceptors (Lipinski definition) is 3. The number of nitrogens with one attached hydrogen (secondary N) is 1. The van der Waals surface area contributed by atoms with Gasteiger partial charge < -0.3 is 11.1 Å². The van der Waals surface area contributed by atoms with Crippen LogP contribution in [0, 0.1) is 5.41 Å². The number of amides is 1. The van der Waals surface area contributed by atoms with Gasteiger partial charge in [-0.15, -0.1) is 11.3 Å². The van der Waals surface area contributed by atoms with E-state index in [2.05, 4.69) is 5.32 Å². The molecule has 1 rings (SSSR count). The molecule has 1 aromatic rings. The highest BCUT2D eigenvalue weighted by atomic mass is 35.5. The van der Waals surface area contributed by atoms with Crippen molar-refractivity contribution in [3.8, 4) is 0 Å². The molecule has 1 aromatic heterocycles. The van der Waals surface area contributed by atoms with Crippen molar-refractivity contribution in [2.24, 2.45) is 11.1 Å². The van der Waals surface area contributed by atoms with Crippen LogP contribution in [0.25, 0.3) is 0 Å². The molecule has 1 heterocycles. The molecule has 0 spiro atoms. The Hall–Kier alpha value is -0.580. The topological polar surface area (TPSA) is 55.1 Å². The van der Waals surface area contributed by atoms with Crippen molar-refractivity contribution in [3.63, 3.8) is 0 Å². The van der Waals surface area contributed by atoms with Crippen LogP contribution >= 0.6 is 22.9 Å². The normalized spacial score (nSPS) is 12.6. The van der Waals surface area contributed by atoms with Gasteiger partial charge in [-0.2, -0.15) is 0 Å². The average molecular weight is 275 g/mol. The Balaban J connectivity index is 2.61. The smallest absolute Gasteiger partial charge is 0.227 e. The van der Waals surface area contributed by atoms with E-state index in [-0.39, 0.29) is 5.91 Å². The minimum absolute atomic E-state index is 0.0467. The lowest BCUT2D eigenvalue weighted by atomic mass is 9.74. The number of hydrogen-bond donors (Lipinski definition) is 2. The standard InChI is InChI=1S/C12H19ClN2OS/c1-11(2,12(3,4)14)10(16)15-7-8-5-6-9(13)17-8/h5-6H,7,14H2,1-4H3,(H,15,16). The molecule has 0 aliphatic carbocycles. The van der Waals surface area contributed by atoms with E-state index in [4.69, 9.17) is 17.3 Å². The lowest BCUT2D eigenvalue weighted by Crippen LogP contribution is -2.55. The molecule has 0 saturated carbocycles. The van der Waals surface area contributed by atoms with Crippen LogP contribution in [0.1, 0.15) is 32.6 Å². The Kier molecular flexibility index (Phi) is 4.23. The van der Waals surface area contributed by atoms with Crippen LogP contribution in [-0.2, 0) is 11.3 Å². The summed E-state index contributed by atoms with van der Waals surface area (Å²) in [6.45, 7) is 7.91. The summed E-state index contributed by atoms with van der Waals surface area (Å²) in [4.78, 5) is 13.1. The second-order valence-corrected chi connectivity index (χ2v) is 7.03.